The quantitative estimate of drug-likeness (QED) is 0.597. The average molecular weight is 312 g/mol. The predicted octanol–water partition coefficient (Wildman–Crippen LogP) is 1.04. The summed E-state index contributed by atoms with van der Waals surface area (Å²) in [6, 6.07) is 0.736. The molecule has 2 rings (SSSR count). The average Bonchev–Trinajstić information content (AvgIpc) is 2.94. The summed E-state index contributed by atoms with van der Waals surface area (Å²) >= 11 is 0. The molecular weight excluding hydrogens is 288 g/mol. The van der Waals surface area contributed by atoms with Crippen molar-refractivity contribution in [2.24, 2.45) is 0 Å². The first-order valence-corrected chi connectivity index (χ1v) is 7.65. The van der Waals surface area contributed by atoms with Gasteiger partial charge in [0, 0.05) is 31.8 Å². The molecule has 1 aromatic rings. The number of aliphatic hydroxyl groups is 1. The topological polar surface area (TPSA) is 93.7 Å². The van der Waals surface area contributed by atoms with E-state index in [1.807, 2.05) is 0 Å². The Morgan fingerprint density at radius 3 is 2.77 bits per heavy atom. The molecule has 0 aliphatic carbocycles. The first-order chi connectivity index (χ1) is 10.5. The largest absolute Gasteiger partial charge is 0.390 e. The number of rotatable bonds is 7. The zero-order chi connectivity index (χ0) is 16.1. The standard InChI is InChI=1S/C14H24N4O4/c1-11(2)17(12-3-5-22-6-4-12)10-14(19)9-16-8-13(7-15-16)18(20)21/h7-8,11-12,14,19H,3-6,9-10H2,1-2H3. The third kappa shape index (κ3) is 4.49. The normalized spacial score (nSPS) is 18.0. The molecule has 1 unspecified atom stereocenters. The van der Waals surface area contributed by atoms with Gasteiger partial charge in [-0.15, -0.1) is 0 Å². The molecule has 1 aliphatic rings. The molecule has 0 bridgehead atoms. The summed E-state index contributed by atoms with van der Waals surface area (Å²) in [6.07, 6.45) is 3.86. The van der Waals surface area contributed by atoms with E-state index in [1.165, 1.54) is 17.1 Å². The molecule has 8 heteroatoms. The Morgan fingerprint density at radius 2 is 2.23 bits per heavy atom. The van der Waals surface area contributed by atoms with E-state index >= 15 is 0 Å². The summed E-state index contributed by atoms with van der Waals surface area (Å²) in [5, 5.41) is 24.9. The molecule has 1 N–H and O–H groups in total. The Hall–Kier alpha value is -1.51. The summed E-state index contributed by atoms with van der Waals surface area (Å²) < 4.78 is 6.81. The lowest BCUT2D eigenvalue weighted by Crippen LogP contribution is -2.47. The van der Waals surface area contributed by atoms with Crippen LogP contribution in [0.3, 0.4) is 0 Å². The molecule has 22 heavy (non-hydrogen) atoms. The van der Waals surface area contributed by atoms with Crippen molar-refractivity contribution in [2.45, 2.75) is 51.4 Å². The van der Waals surface area contributed by atoms with Crippen molar-refractivity contribution in [1.82, 2.24) is 14.7 Å². The van der Waals surface area contributed by atoms with Gasteiger partial charge in [0.15, 0.2) is 0 Å². The SMILES string of the molecule is CC(C)N(CC(O)Cn1cc([N+](=O)[O-])cn1)C1CCOCC1. The molecular formula is C14H24N4O4. The van der Waals surface area contributed by atoms with Crippen molar-refractivity contribution >= 4 is 5.69 Å². The number of ether oxygens (including phenoxy) is 1. The van der Waals surface area contributed by atoms with E-state index in [2.05, 4.69) is 23.8 Å². The maximum absolute atomic E-state index is 10.6. The first kappa shape index (κ1) is 16.9. The van der Waals surface area contributed by atoms with Crippen LogP contribution >= 0.6 is 0 Å². The van der Waals surface area contributed by atoms with E-state index in [-0.39, 0.29) is 12.2 Å². The van der Waals surface area contributed by atoms with Crippen LogP contribution in [0.15, 0.2) is 12.4 Å². The Balaban J connectivity index is 1.92. The van der Waals surface area contributed by atoms with Crippen LogP contribution in [0.4, 0.5) is 5.69 Å². The van der Waals surface area contributed by atoms with Crippen LogP contribution in [-0.2, 0) is 11.3 Å². The molecule has 0 radical (unpaired) electrons. The minimum absolute atomic E-state index is 0.0580. The highest BCUT2D eigenvalue weighted by atomic mass is 16.6. The van der Waals surface area contributed by atoms with Crippen LogP contribution in [0, 0.1) is 10.1 Å². The number of hydrogen-bond donors (Lipinski definition) is 1. The molecule has 0 spiro atoms. The minimum Gasteiger partial charge on any atom is -0.390 e. The third-order valence-electron chi connectivity index (χ3n) is 3.97. The van der Waals surface area contributed by atoms with Gasteiger partial charge >= 0.3 is 5.69 Å². The van der Waals surface area contributed by atoms with E-state index < -0.39 is 11.0 Å². The summed E-state index contributed by atoms with van der Waals surface area (Å²) in [5.41, 5.74) is -0.0580. The highest BCUT2D eigenvalue weighted by Crippen LogP contribution is 2.18. The van der Waals surface area contributed by atoms with Crippen LogP contribution in [0.5, 0.6) is 0 Å². The number of nitrogens with zero attached hydrogens (tertiary/aromatic N) is 4. The summed E-state index contributed by atoms with van der Waals surface area (Å²) in [4.78, 5) is 12.4. The van der Waals surface area contributed by atoms with Gasteiger partial charge in [-0.1, -0.05) is 0 Å². The Bertz CT molecular complexity index is 485. The molecule has 2 heterocycles. The maximum Gasteiger partial charge on any atom is 0.306 e. The monoisotopic (exact) mass is 312 g/mol. The number of nitro groups is 1. The van der Waals surface area contributed by atoms with Crippen molar-refractivity contribution in [3.8, 4) is 0 Å². The third-order valence-corrected chi connectivity index (χ3v) is 3.97. The summed E-state index contributed by atoms with van der Waals surface area (Å²) in [7, 11) is 0. The smallest absolute Gasteiger partial charge is 0.306 e. The number of aliphatic hydroxyl groups excluding tert-OH is 1. The van der Waals surface area contributed by atoms with Crippen LogP contribution in [-0.4, -0.2) is 62.7 Å². The molecule has 1 saturated heterocycles. The van der Waals surface area contributed by atoms with Gasteiger partial charge in [-0.3, -0.25) is 19.7 Å². The Labute approximate surface area is 129 Å². The number of hydrogen-bond acceptors (Lipinski definition) is 6. The highest BCUT2D eigenvalue weighted by molar-refractivity contribution is 5.20. The van der Waals surface area contributed by atoms with Crippen LogP contribution in [0.1, 0.15) is 26.7 Å². The van der Waals surface area contributed by atoms with Crippen molar-refractivity contribution in [2.75, 3.05) is 19.8 Å². The van der Waals surface area contributed by atoms with E-state index in [0.29, 0.717) is 18.6 Å². The van der Waals surface area contributed by atoms with Gasteiger partial charge in [0.1, 0.15) is 12.4 Å². The fourth-order valence-electron chi connectivity index (χ4n) is 2.86. The first-order valence-electron chi connectivity index (χ1n) is 7.65. The van der Waals surface area contributed by atoms with Crippen LogP contribution < -0.4 is 0 Å². The molecule has 0 aromatic carbocycles. The van der Waals surface area contributed by atoms with Crippen molar-refractivity contribution in [3.63, 3.8) is 0 Å². The molecule has 8 nitrogen and oxygen atoms in total. The second-order valence-corrected chi connectivity index (χ2v) is 5.97. The van der Waals surface area contributed by atoms with Crippen LogP contribution in [0.25, 0.3) is 0 Å². The zero-order valence-electron chi connectivity index (χ0n) is 13.1. The molecule has 1 fully saturated rings. The van der Waals surface area contributed by atoms with Crippen molar-refractivity contribution in [1.29, 1.82) is 0 Å². The second kappa shape index (κ2) is 7.66. The molecule has 1 atom stereocenters. The zero-order valence-corrected chi connectivity index (χ0v) is 13.1. The van der Waals surface area contributed by atoms with E-state index in [4.69, 9.17) is 4.74 Å². The van der Waals surface area contributed by atoms with Gasteiger partial charge in [-0.25, -0.2) is 0 Å². The molecule has 1 aliphatic heterocycles. The fraction of sp³-hybridized carbons (Fsp3) is 0.786. The Morgan fingerprint density at radius 1 is 1.55 bits per heavy atom. The van der Waals surface area contributed by atoms with Gasteiger partial charge in [0.05, 0.1) is 17.6 Å². The molecule has 1 aromatic heterocycles. The lowest BCUT2D eigenvalue weighted by atomic mass is 10.0. The lowest BCUT2D eigenvalue weighted by molar-refractivity contribution is -0.385. The van der Waals surface area contributed by atoms with Crippen LogP contribution in [0.2, 0.25) is 0 Å². The van der Waals surface area contributed by atoms with E-state index in [0.717, 1.165) is 26.1 Å². The summed E-state index contributed by atoms with van der Waals surface area (Å²) in [6.45, 7) is 6.52. The highest BCUT2D eigenvalue weighted by Gasteiger charge is 2.26. The minimum atomic E-state index is -0.621. The number of aromatic nitrogens is 2. The summed E-state index contributed by atoms with van der Waals surface area (Å²) in [5.74, 6) is 0. The Kier molecular flexibility index (Phi) is 5.87. The van der Waals surface area contributed by atoms with Crippen molar-refractivity contribution in [3.05, 3.63) is 22.5 Å². The van der Waals surface area contributed by atoms with Gasteiger partial charge in [0.2, 0.25) is 0 Å². The molecule has 124 valence electrons. The van der Waals surface area contributed by atoms with Gasteiger partial charge in [-0.05, 0) is 26.7 Å². The predicted molar refractivity (Wildman–Crippen MR) is 80.6 cm³/mol. The molecule has 0 saturated carbocycles. The van der Waals surface area contributed by atoms with E-state index in [9.17, 15) is 15.2 Å². The van der Waals surface area contributed by atoms with Gasteiger partial charge in [-0.2, -0.15) is 5.10 Å². The maximum atomic E-state index is 10.6. The fourth-order valence-corrected chi connectivity index (χ4v) is 2.86. The second-order valence-electron chi connectivity index (χ2n) is 5.97. The van der Waals surface area contributed by atoms with Gasteiger partial charge < -0.3 is 9.84 Å². The molecule has 0 amide bonds. The van der Waals surface area contributed by atoms with E-state index in [1.54, 1.807) is 0 Å². The van der Waals surface area contributed by atoms with Crippen molar-refractivity contribution < 1.29 is 14.8 Å². The van der Waals surface area contributed by atoms with Gasteiger partial charge in [0.25, 0.3) is 0 Å². The lowest BCUT2D eigenvalue weighted by Gasteiger charge is -2.38.